The van der Waals surface area contributed by atoms with E-state index in [1.165, 1.54) is 240 Å². The van der Waals surface area contributed by atoms with E-state index >= 15 is 0 Å². The minimum atomic E-state index is -2.31. The quantitative estimate of drug-likeness (QED) is 0.0169. The lowest BCUT2D eigenvalue weighted by atomic mass is 9.66. The lowest BCUT2D eigenvalue weighted by molar-refractivity contribution is -0.903. The van der Waals surface area contributed by atoms with Gasteiger partial charge in [0.05, 0.1) is 48.6 Å². The van der Waals surface area contributed by atoms with Gasteiger partial charge in [0, 0.05) is 23.1 Å². The van der Waals surface area contributed by atoms with Crippen molar-refractivity contribution in [3.8, 4) is 0 Å². The highest BCUT2D eigenvalue weighted by atomic mass is 19.1. The van der Waals surface area contributed by atoms with Gasteiger partial charge in [-0.15, -0.1) is 0 Å². The Morgan fingerprint density at radius 2 is 0.651 bits per heavy atom. The molecule has 0 saturated heterocycles. The molecule has 0 unspecified atom stereocenters. The van der Waals surface area contributed by atoms with Crippen LogP contribution in [0.1, 0.15) is 247 Å². The van der Waals surface area contributed by atoms with E-state index in [1.807, 2.05) is 0 Å². The standard InChI is InChI=1S/2C25H46N.C24H22BF3O3/c2*1-4-5-6-7-8-9-10-11-12-13-14-15-16-20-23-26(2,3)24-25-21-18-17-19-22-25;26-21-10-4-7-18(15-21)24(19-8-5-11-22(27)16-19,20-9-6-12-23(28)17-20)13-2-1-3-14-31-25(29)30/h2*17-19,21-22H,4-16,20,23-24H2,1-3H3;4-12,15-17H,1-3,13-14H2/q2*+1;-2. The Kier molecular flexibility index (Phi) is 39.7. The summed E-state index contributed by atoms with van der Waals surface area (Å²) in [7, 11) is 7.17. The summed E-state index contributed by atoms with van der Waals surface area (Å²) in [6, 6.07) is 40.0. The third-order valence-electron chi connectivity index (χ3n) is 16.5. The molecule has 0 saturated carbocycles. The third kappa shape index (κ3) is 34.5. The lowest BCUT2D eigenvalue weighted by Gasteiger charge is -2.36. The molecular formula is C74H114BF3N2O3. The Balaban J connectivity index is 0.000000329. The number of halogens is 3. The van der Waals surface area contributed by atoms with Gasteiger partial charge in [-0.1, -0.05) is 278 Å². The zero-order valence-electron chi connectivity index (χ0n) is 53.2. The van der Waals surface area contributed by atoms with Crippen molar-refractivity contribution in [3.63, 3.8) is 0 Å². The number of hydrogen-bond donors (Lipinski definition) is 0. The fourth-order valence-electron chi connectivity index (χ4n) is 11.8. The Morgan fingerprint density at radius 3 is 0.940 bits per heavy atom. The molecule has 0 aromatic heterocycles. The smallest absolute Gasteiger partial charge is 0.123 e. The van der Waals surface area contributed by atoms with Crippen LogP contribution >= 0.6 is 0 Å². The SMILES string of the molecule is CCCCCCCCCCCCCCCC[N+](C)(C)Cc1ccccc1.CCCCCCCCCCCCCCCC[N+](C)(C)Cc1ccccc1.[O-]B([O-])OCCCCCC(c1cccc(F)c1)(c1cccc(F)c1)c1cccc(F)c1. The van der Waals surface area contributed by atoms with Crippen LogP contribution in [0.15, 0.2) is 133 Å². The first-order chi connectivity index (χ1) is 40.2. The van der Waals surface area contributed by atoms with Gasteiger partial charge in [-0.2, -0.15) is 0 Å². The second kappa shape index (κ2) is 45.1. The highest BCUT2D eigenvalue weighted by Gasteiger charge is 2.37. The molecule has 5 aromatic rings. The number of quaternary nitrogens is 2. The highest BCUT2D eigenvalue weighted by molar-refractivity contribution is 6.28. The van der Waals surface area contributed by atoms with Crippen molar-refractivity contribution in [1.82, 2.24) is 0 Å². The summed E-state index contributed by atoms with van der Waals surface area (Å²) in [4.78, 5) is 0. The fourth-order valence-corrected chi connectivity index (χ4v) is 11.8. The van der Waals surface area contributed by atoms with Crippen LogP contribution in [0, 0.1) is 17.5 Å². The first-order valence-corrected chi connectivity index (χ1v) is 33.1. The van der Waals surface area contributed by atoms with Crippen LogP contribution in [0.5, 0.6) is 0 Å². The molecule has 5 aromatic carbocycles. The zero-order valence-corrected chi connectivity index (χ0v) is 53.2. The van der Waals surface area contributed by atoms with Gasteiger partial charge in [0.25, 0.3) is 0 Å². The van der Waals surface area contributed by atoms with Crippen molar-refractivity contribution in [3.05, 3.63) is 179 Å². The zero-order chi connectivity index (χ0) is 60.1. The molecule has 0 atom stereocenters. The summed E-state index contributed by atoms with van der Waals surface area (Å²) >= 11 is 0. The predicted molar refractivity (Wildman–Crippen MR) is 344 cm³/mol. The first-order valence-electron chi connectivity index (χ1n) is 33.1. The maximum atomic E-state index is 14.2. The van der Waals surface area contributed by atoms with E-state index in [-0.39, 0.29) is 6.61 Å². The molecule has 0 aliphatic heterocycles. The van der Waals surface area contributed by atoms with E-state index in [0.717, 1.165) is 22.1 Å². The summed E-state index contributed by atoms with van der Waals surface area (Å²) in [6.07, 6.45) is 42.5. The van der Waals surface area contributed by atoms with Crippen LogP contribution in [0.4, 0.5) is 13.2 Å². The minimum Gasteiger partial charge on any atom is -0.871 e. The van der Waals surface area contributed by atoms with E-state index in [4.69, 9.17) is 0 Å². The summed E-state index contributed by atoms with van der Waals surface area (Å²) in [6.45, 7) is 9.54. The van der Waals surface area contributed by atoms with E-state index in [2.05, 4.69) is 107 Å². The van der Waals surface area contributed by atoms with Gasteiger partial charge in [-0.3, -0.25) is 0 Å². The molecule has 9 heteroatoms. The number of rotatable bonds is 44. The first kappa shape index (κ1) is 73.0. The molecular weight excluding hydrogens is 1030 g/mol. The van der Waals surface area contributed by atoms with Crippen LogP contribution in [0.2, 0.25) is 0 Å². The minimum absolute atomic E-state index is 0.0462. The molecule has 0 N–H and O–H groups in total. The van der Waals surface area contributed by atoms with Crippen molar-refractivity contribution in [2.75, 3.05) is 47.9 Å². The molecule has 5 rings (SSSR count). The van der Waals surface area contributed by atoms with Gasteiger partial charge >= 0.3 is 0 Å². The molecule has 0 radical (unpaired) electrons. The normalized spacial score (nSPS) is 11.7. The number of unbranched alkanes of at least 4 members (excludes halogenated alkanes) is 28. The maximum absolute atomic E-state index is 14.2. The van der Waals surface area contributed by atoms with Crippen molar-refractivity contribution >= 4 is 7.32 Å². The van der Waals surface area contributed by atoms with Crippen LogP contribution in [-0.2, 0) is 23.2 Å². The third-order valence-corrected chi connectivity index (χ3v) is 16.5. The largest absolute Gasteiger partial charge is 0.871 e. The maximum Gasteiger partial charge on any atom is 0.123 e. The van der Waals surface area contributed by atoms with Crippen LogP contribution in [0.3, 0.4) is 0 Å². The molecule has 0 aliphatic rings. The van der Waals surface area contributed by atoms with Crippen molar-refractivity contribution < 1.29 is 36.8 Å². The van der Waals surface area contributed by atoms with Gasteiger partial charge in [0.2, 0.25) is 0 Å². The van der Waals surface area contributed by atoms with Crippen molar-refractivity contribution in [1.29, 1.82) is 0 Å². The van der Waals surface area contributed by atoms with E-state index in [9.17, 15) is 23.2 Å². The molecule has 0 aliphatic carbocycles. The summed E-state index contributed by atoms with van der Waals surface area (Å²) < 4.78 is 49.4. The average Bonchev–Trinajstić information content (AvgIpc) is 3.66. The van der Waals surface area contributed by atoms with E-state index in [1.54, 1.807) is 36.4 Å². The Labute approximate surface area is 506 Å². The predicted octanol–water partition coefficient (Wildman–Crippen LogP) is 19.2. The van der Waals surface area contributed by atoms with E-state index < -0.39 is 30.2 Å². The topological polar surface area (TPSA) is 55.3 Å². The summed E-state index contributed by atoms with van der Waals surface area (Å²) in [5.41, 5.74) is 3.68. The van der Waals surface area contributed by atoms with Gasteiger partial charge in [-0.05, 0) is 91.6 Å². The molecule has 0 amide bonds. The Hall–Kier alpha value is -4.25. The lowest BCUT2D eigenvalue weighted by Crippen LogP contribution is -2.47. The van der Waals surface area contributed by atoms with Crippen LogP contribution in [-0.4, -0.2) is 64.2 Å². The van der Waals surface area contributed by atoms with Gasteiger partial charge < -0.3 is 23.7 Å². The molecule has 0 spiro atoms. The molecule has 0 fully saturated rings. The summed E-state index contributed by atoms with van der Waals surface area (Å²) in [5, 5.41) is 21.0. The second-order valence-corrected chi connectivity index (χ2v) is 25.2. The van der Waals surface area contributed by atoms with Gasteiger partial charge in [-0.25, -0.2) is 13.2 Å². The van der Waals surface area contributed by atoms with Crippen LogP contribution in [0.25, 0.3) is 0 Å². The number of hydrogen-bond acceptors (Lipinski definition) is 3. The number of nitrogens with zero attached hydrogens (tertiary/aromatic N) is 2. The molecule has 0 bridgehead atoms. The molecule has 83 heavy (non-hydrogen) atoms. The van der Waals surface area contributed by atoms with Crippen molar-refractivity contribution in [2.45, 2.75) is 238 Å². The molecule has 462 valence electrons. The second-order valence-electron chi connectivity index (χ2n) is 25.2. The Bertz CT molecular complexity index is 2120. The van der Waals surface area contributed by atoms with Crippen LogP contribution < -0.4 is 10.0 Å². The summed E-state index contributed by atoms with van der Waals surface area (Å²) in [5.74, 6) is -1.33. The van der Waals surface area contributed by atoms with Gasteiger partial charge in [0.1, 0.15) is 30.5 Å². The average molecular weight is 1150 g/mol. The van der Waals surface area contributed by atoms with E-state index in [0.29, 0.717) is 42.4 Å². The molecule has 5 nitrogen and oxygen atoms in total. The monoisotopic (exact) mass is 1150 g/mol. The fraction of sp³-hybridized carbons (Fsp3) is 0.595. The molecule has 0 heterocycles. The number of benzene rings is 5. The van der Waals surface area contributed by atoms with Gasteiger partial charge in [0.15, 0.2) is 0 Å². The van der Waals surface area contributed by atoms with Crippen molar-refractivity contribution in [2.24, 2.45) is 0 Å². The Morgan fingerprint density at radius 1 is 0.361 bits per heavy atom. The highest BCUT2D eigenvalue weighted by Crippen LogP contribution is 2.44.